The van der Waals surface area contributed by atoms with Gasteiger partial charge in [0.1, 0.15) is 11.4 Å². The van der Waals surface area contributed by atoms with Crippen molar-refractivity contribution in [2.45, 2.75) is 46.6 Å². The number of rotatable bonds is 13. The molecule has 0 amide bonds. The summed E-state index contributed by atoms with van der Waals surface area (Å²) in [4.78, 5) is 13.4. The van der Waals surface area contributed by atoms with E-state index in [1.54, 1.807) is 6.08 Å². The zero-order valence-electron chi connectivity index (χ0n) is 25.9. The van der Waals surface area contributed by atoms with Crippen LogP contribution < -0.4 is 4.74 Å². The van der Waals surface area contributed by atoms with E-state index in [2.05, 4.69) is 50.8 Å². The van der Waals surface area contributed by atoms with E-state index < -0.39 is 0 Å². The number of aryl methyl sites for hydroxylation is 4. The number of ether oxygens (including phenoxy) is 3. The standard InChI is InChI=1S/C36H41N3O4/c1-7-21-41-23-29-33(30(8-2)39(6)37-29)32-24(4)19-20-28-27(35(36(40)42-9-3)38(5)34(28)32)17-13-22-43-31-18-12-15-25-14-10-11-16-26(25)31/h7,10-12,14-16,18-20H,1,8-9,13,17,21-23H2,2-6H3. The Morgan fingerprint density at radius 1 is 1.00 bits per heavy atom. The molecule has 7 heteroatoms. The fourth-order valence-corrected chi connectivity index (χ4v) is 6.16. The molecule has 0 radical (unpaired) electrons. The summed E-state index contributed by atoms with van der Waals surface area (Å²) in [5.74, 6) is 0.556. The minimum Gasteiger partial charge on any atom is -0.493 e. The number of hydrogen-bond donors (Lipinski definition) is 0. The lowest BCUT2D eigenvalue weighted by Gasteiger charge is -2.13. The Bertz CT molecular complexity index is 1770. The highest BCUT2D eigenvalue weighted by atomic mass is 16.5. The highest BCUT2D eigenvalue weighted by Gasteiger charge is 2.27. The number of benzene rings is 3. The highest BCUT2D eigenvalue weighted by Crippen LogP contribution is 2.40. The van der Waals surface area contributed by atoms with Crippen LogP contribution in [0.3, 0.4) is 0 Å². The normalized spacial score (nSPS) is 11.4. The molecule has 7 nitrogen and oxygen atoms in total. The monoisotopic (exact) mass is 579 g/mol. The second-order valence-electron chi connectivity index (χ2n) is 10.7. The first-order chi connectivity index (χ1) is 20.9. The second kappa shape index (κ2) is 13.3. The van der Waals surface area contributed by atoms with Gasteiger partial charge in [0.25, 0.3) is 0 Å². The summed E-state index contributed by atoms with van der Waals surface area (Å²) in [5, 5.41) is 8.14. The van der Waals surface area contributed by atoms with Crippen molar-refractivity contribution < 1.29 is 19.0 Å². The summed E-state index contributed by atoms with van der Waals surface area (Å²) in [6.07, 6.45) is 3.96. The van der Waals surface area contributed by atoms with Gasteiger partial charge in [-0.1, -0.05) is 61.5 Å². The average Bonchev–Trinajstić information content (AvgIpc) is 3.47. The Hall–Kier alpha value is -4.36. The smallest absolute Gasteiger partial charge is 0.355 e. The van der Waals surface area contributed by atoms with Crippen molar-refractivity contribution in [2.75, 3.05) is 19.8 Å². The van der Waals surface area contributed by atoms with Gasteiger partial charge in [-0.15, -0.1) is 6.58 Å². The molecule has 0 saturated heterocycles. The van der Waals surface area contributed by atoms with Gasteiger partial charge in [-0.05, 0) is 55.7 Å². The van der Waals surface area contributed by atoms with Crippen LogP contribution in [0.5, 0.6) is 5.75 Å². The Morgan fingerprint density at radius 2 is 1.79 bits per heavy atom. The molecule has 224 valence electrons. The summed E-state index contributed by atoms with van der Waals surface area (Å²) >= 11 is 0. The molecule has 0 aliphatic heterocycles. The molecule has 0 unspecified atom stereocenters. The fourth-order valence-electron chi connectivity index (χ4n) is 6.16. The molecule has 5 rings (SSSR count). The van der Waals surface area contributed by atoms with Crippen LogP contribution in [-0.4, -0.2) is 40.1 Å². The van der Waals surface area contributed by atoms with E-state index in [1.165, 1.54) is 0 Å². The molecule has 0 bridgehead atoms. The van der Waals surface area contributed by atoms with Gasteiger partial charge in [0.05, 0.1) is 37.6 Å². The summed E-state index contributed by atoms with van der Waals surface area (Å²) in [6, 6.07) is 18.6. The molecule has 5 aromatic rings. The van der Waals surface area contributed by atoms with E-state index in [1.807, 2.05) is 54.5 Å². The topological polar surface area (TPSA) is 67.5 Å². The number of hydrogen-bond acceptors (Lipinski definition) is 5. The molecule has 0 N–H and O–H groups in total. The van der Waals surface area contributed by atoms with Gasteiger partial charge in [0.15, 0.2) is 0 Å². The van der Waals surface area contributed by atoms with Crippen LogP contribution in [0.4, 0.5) is 0 Å². The fraction of sp³-hybridized carbons (Fsp3) is 0.333. The van der Waals surface area contributed by atoms with E-state index in [4.69, 9.17) is 19.3 Å². The van der Waals surface area contributed by atoms with Crippen LogP contribution in [0.1, 0.15) is 53.3 Å². The molecule has 0 saturated carbocycles. The molecule has 0 spiro atoms. The maximum absolute atomic E-state index is 13.4. The lowest BCUT2D eigenvalue weighted by Crippen LogP contribution is -2.13. The minimum absolute atomic E-state index is 0.309. The van der Waals surface area contributed by atoms with Gasteiger partial charge < -0.3 is 18.8 Å². The van der Waals surface area contributed by atoms with Crippen LogP contribution in [0.2, 0.25) is 0 Å². The van der Waals surface area contributed by atoms with Gasteiger partial charge in [0, 0.05) is 41.7 Å². The summed E-state index contributed by atoms with van der Waals surface area (Å²) in [5.41, 5.74) is 7.82. The third kappa shape index (κ3) is 5.82. The van der Waals surface area contributed by atoms with Crippen molar-refractivity contribution in [3.8, 4) is 16.9 Å². The zero-order valence-corrected chi connectivity index (χ0v) is 25.9. The lowest BCUT2D eigenvalue weighted by atomic mass is 9.93. The van der Waals surface area contributed by atoms with Crippen LogP contribution in [-0.2, 0) is 43.0 Å². The molecular formula is C36H41N3O4. The molecule has 2 aromatic heterocycles. The highest BCUT2D eigenvalue weighted by molar-refractivity contribution is 6.05. The van der Waals surface area contributed by atoms with Crippen molar-refractivity contribution in [2.24, 2.45) is 14.1 Å². The van der Waals surface area contributed by atoms with E-state index in [-0.39, 0.29) is 5.97 Å². The zero-order chi connectivity index (χ0) is 30.5. The number of fused-ring (bicyclic) bond motifs is 2. The quantitative estimate of drug-likeness (QED) is 0.0821. The first kappa shape index (κ1) is 30.1. The van der Waals surface area contributed by atoms with Crippen molar-refractivity contribution in [3.05, 3.63) is 95.5 Å². The number of carbonyl (C=O) groups is 1. The predicted octanol–water partition coefficient (Wildman–Crippen LogP) is 7.49. The van der Waals surface area contributed by atoms with Gasteiger partial charge in [0.2, 0.25) is 0 Å². The molecular weight excluding hydrogens is 538 g/mol. The minimum atomic E-state index is -0.314. The van der Waals surface area contributed by atoms with Crippen LogP contribution in [0.25, 0.3) is 32.8 Å². The van der Waals surface area contributed by atoms with Crippen LogP contribution in [0.15, 0.2) is 67.3 Å². The van der Waals surface area contributed by atoms with E-state index in [0.717, 1.165) is 73.9 Å². The molecule has 0 fully saturated rings. The number of esters is 1. The van der Waals surface area contributed by atoms with Gasteiger partial charge >= 0.3 is 5.97 Å². The number of aromatic nitrogens is 3. The molecule has 43 heavy (non-hydrogen) atoms. The van der Waals surface area contributed by atoms with Crippen molar-refractivity contribution in [1.29, 1.82) is 0 Å². The maximum Gasteiger partial charge on any atom is 0.355 e. The Balaban J connectivity index is 1.56. The second-order valence-corrected chi connectivity index (χ2v) is 10.7. The Kier molecular flexibility index (Phi) is 9.31. The summed E-state index contributed by atoms with van der Waals surface area (Å²) in [7, 11) is 3.94. The molecule has 0 atom stereocenters. The summed E-state index contributed by atoms with van der Waals surface area (Å²) in [6.45, 7) is 11.5. The largest absolute Gasteiger partial charge is 0.493 e. The van der Waals surface area contributed by atoms with Crippen LogP contribution >= 0.6 is 0 Å². The average molecular weight is 580 g/mol. The lowest BCUT2D eigenvalue weighted by molar-refractivity contribution is 0.0514. The first-order valence-electron chi connectivity index (χ1n) is 15.0. The third-order valence-corrected chi connectivity index (χ3v) is 8.01. The van der Waals surface area contributed by atoms with Gasteiger partial charge in [-0.3, -0.25) is 4.68 Å². The van der Waals surface area contributed by atoms with Crippen molar-refractivity contribution in [3.63, 3.8) is 0 Å². The van der Waals surface area contributed by atoms with E-state index in [0.29, 0.717) is 38.5 Å². The van der Waals surface area contributed by atoms with Crippen LogP contribution in [0, 0.1) is 6.92 Å². The van der Waals surface area contributed by atoms with Crippen molar-refractivity contribution >= 4 is 27.6 Å². The Morgan fingerprint density at radius 3 is 2.56 bits per heavy atom. The predicted molar refractivity (Wildman–Crippen MR) is 173 cm³/mol. The van der Waals surface area contributed by atoms with E-state index in [9.17, 15) is 4.79 Å². The SMILES string of the molecule is C=CCOCc1nn(C)c(CC)c1-c1c(C)ccc2c(CCCOc3cccc4ccccc34)c(C(=O)OCC)n(C)c12. The maximum atomic E-state index is 13.4. The number of carbonyl (C=O) groups excluding carboxylic acids is 1. The van der Waals surface area contributed by atoms with E-state index >= 15 is 0 Å². The molecule has 3 aromatic carbocycles. The van der Waals surface area contributed by atoms with Crippen molar-refractivity contribution in [1.82, 2.24) is 14.3 Å². The van der Waals surface area contributed by atoms with Gasteiger partial charge in [-0.25, -0.2) is 4.79 Å². The molecule has 0 aliphatic carbocycles. The molecule has 0 aliphatic rings. The number of nitrogens with zero attached hydrogens (tertiary/aromatic N) is 3. The third-order valence-electron chi connectivity index (χ3n) is 8.01. The van der Waals surface area contributed by atoms with Gasteiger partial charge in [-0.2, -0.15) is 5.10 Å². The Labute approximate surface area is 253 Å². The molecule has 2 heterocycles. The summed E-state index contributed by atoms with van der Waals surface area (Å²) < 4.78 is 21.7. The first-order valence-corrected chi connectivity index (χ1v) is 15.0.